The third-order valence-electron chi connectivity index (χ3n) is 14.1. The van der Waals surface area contributed by atoms with Gasteiger partial charge in [0.2, 0.25) is 0 Å². The Kier molecular flexibility index (Phi) is 12.7. The van der Waals surface area contributed by atoms with E-state index >= 15 is 4.39 Å². The largest absolute Gasteiger partial charge is 0.390 e. The summed E-state index contributed by atoms with van der Waals surface area (Å²) < 4.78 is 22.2. The number of aryl methyl sites for hydroxylation is 3. The van der Waals surface area contributed by atoms with Gasteiger partial charge in [-0.3, -0.25) is 24.0 Å². The lowest BCUT2D eigenvalue weighted by molar-refractivity contribution is -0.218. The maximum Gasteiger partial charge on any atom is 0.291 e. The molecule has 63 heavy (non-hydrogen) atoms. The van der Waals surface area contributed by atoms with Crippen LogP contribution in [0.15, 0.2) is 60.7 Å². The number of hydrogen-bond acceptors (Lipinski definition) is 10. The third kappa shape index (κ3) is 8.05. The second-order valence-corrected chi connectivity index (χ2v) is 19.3. The van der Waals surface area contributed by atoms with Gasteiger partial charge in [-0.05, 0) is 80.9 Å². The number of thiocarbonyl (C=S) groups is 1. The molecule has 3 amide bonds. The van der Waals surface area contributed by atoms with Crippen molar-refractivity contribution in [1.82, 2.24) is 34.6 Å². The minimum atomic E-state index is -2.03. The van der Waals surface area contributed by atoms with Crippen LogP contribution in [-0.2, 0) is 30.7 Å². The molecule has 0 aliphatic heterocycles. The maximum atomic E-state index is 17.5. The number of aliphatic hydroxyl groups excluding tert-OH is 1. The molecule has 3 heterocycles. The van der Waals surface area contributed by atoms with Crippen LogP contribution in [0.5, 0.6) is 0 Å². The summed E-state index contributed by atoms with van der Waals surface area (Å²) in [6, 6.07) is 3.10. The van der Waals surface area contributed by atoms with E-state index < -0.39 is 51.9 Å². The van der Waals surface area contributed by atoms with Gasteiger partial charge in [0.05, 0.1) is 23.2 Å². The zero-order valence-electron chi connectivity index (χ0n) is 36.3. The molecule has 19 heteroatoms. The second-order valence-electron chi connectivity index (χ2n) is 17.8. The molecule has 0 saturated heterocycles. The average molecular weight is 906 g/mol. The van der Waals surface area contributed by atoms with Crippen LogP contribution in [0.25, 0.3) is 0 Å². The molecule has 0 bridgehead atoms. The fourth-order valence-electron chi connectivity index (χ4n) is 10.8. The molecule has 338 valence electrons. The van der Waals surface area contributed by atoms with E-state index in [1.54, 1.807) is 78.6 Å². The van der Waals surface area contributed by atoms with Crippen molar-refractivity contribution in [2.45, 2.75) is 63.8 Å². The SMILES string of the molecule is C[C@@H]1C[C@H]2[C@@H]3CCC4=CC(=O)C=C[C@]4(C)[C@@]3(F)[C@@H](O)C[C@]2(C)[C@@]1(O)C(=O)CSCCNC(=S)NCCNC(=O)c1cc(NC(=O)c2cc(NC(=O)c3nccn3C)cn2C)cn1C. The molecule has 3 fully saturated rings. The Hall–Kier alpha value is -5.11. The van der Waals surface area contributed by atoms with E-state index in [-0.39, 0.29) is 53.6 Å². The van der Waals surface area contributed by atoms with Crippen molar-refractivity contribution in [2.75, 3.05) is 41.8 Å². The number of alkyl halides is 1. The monoisotopic (exact) mass is 905 g/mol. The third-order valence-corrected chi connectivity index (χ3v) is 15.4. The highest BCUT2D eigenvalue weighted by Crippen LogP contribution is 2.70. The fourth-order valence-corrected chi connectivity index (χ4v) is 11.8. The highest BCUT2D eigenvalue weighted by molar-refractivity contribution is 8.00. The van der Waals surface area contributed by atoms with Gasteiger partial charge in [0.1, 0.15) is 17.0 Å². The maximum absolute atomic E-state index is 17.5. The molecule has 0 aromatic carbocycles. The number of fused-ring (bicyclic) bond motifs is 5. The van der Waals surface area contributed by atoms with Crippen LogP contribution >= 0.6 is 24.0 Å². The summed E-state index contributed by atoms with van der Waals surface area (Å²) in [5, 5.41) is 38.7. The number of hydrogen-bond donors (Lipinski definition) is 7. The van der Waals surface area contributed by atoms with Crippen molar-refractivity contribution in [3.8, 4) is 0 Å². The smallest absolute Gasteiger partial charge is 0.291 e. The zero-order chi connectivity index (χ0) is 45.6. The number of Topliss-reactive ketones (excluding diaryl/α,β-unsaturated/α-hetero) is 1. The van der Waals surface area contributed by atoms with Crippen LogP contribution in [0.3, 0.4) is 0 Å². The summed E-state index contributed by atoms with van der Waals surface area (Å²) in [7, 11) is 5.07. The highest BCUT2D eigenvalue weighted by atomic mass is 32.2. The zero-order valence-corrected chi connectivity index (χ0v) is 37.9. The number of thioether (sulfide) groups is 1. The minimum absolute atomic E-state index is 0.0402. The summed E-state index contributed by atoms with van der Waals surface area (Å²) >= 11 is 6.76. The van der Waals surface area contributed by atoms with Crippen molar-refractivity contribution in [2.24, 2.45) is 49.7 Å². The first kappa shape index (κ1) is 45.9. The number of nitrogens with one attached hydrogen (secondary N) is 5. The van der Waals surface area contributed by atoms with Crippen LogP contribution < -0.4 is 26.6 Å². The minimum Gasteiger partial charge on any atom is -0.390 e. The fraction of sp³-hybridized carbons (Fsp3) is 0.523. The van der Waals surface area contributed by atoms with E-state index in [9.17, 15) is 34.2 Å². The Labute approximate surface area is 374 Å². The quantitative estimate of drug-likeness (QED) is 0.0916. The first-order valence-electron chi connectivity index (χ1n) is 21.1. The molecular weight excluding hydrogens is 850 g/mol. The van der Waals surface area contributed by atoms with Crippen molar-refractivity contribution in [3.05, 3.63) is 77.9 Å². The molecule has 3 aromatic rings. The number of carbonyl (C=O) groups excluding carboxylic acids is 5. The second kappa shape index (κ2) is 17.5. The number of nitrogens with zero attached hydrogens (tertiary/aromatic N) is 4. The van der Waals surface area contributed by atoms with Gasteiger partial charge >= 0.3 is 0 Å². The topological polar surface area (TPSA) is 214 Å². The first-order chi connectivity index (χ1) is 29.7. The summed E-state index contributed by atoms with van der Waals surface area (Å²) in [6.07, 6.45) is 10.8. The number of amides is 3. The van der Waals surface area contributed by atoms with Gasteiger partial charge < -0.3 is 50.5 Å². The number of imidazole rings is 1. The molecule has 8 atom stereocenters. The van der Waals surface area contributed by atoms with Gasteiger partial charge in [-0.1, -0.05) is 25.5 Å². The Morgan fingerprint density at radius 1 is 0.937 bits per heavy atom. The summed E-state index contributed by atoms with van der Waals surface area (Å²) in [6.45, 7) is 6.44. The molecule has 3 saturated carbocycles. The summed E-state index contributed by atoms with van der Waals surface area (Å²) in [4.78, 5) is 68.8. The van der Waals surface area contributed by atoms with Gasteiger partial charge in [-0.2, -0.15) is 11.8 Å². The summed E-state index contributed by atoms with van der Waals surface area (Å²) in [5.74, 6) is -2.29. The Balaban J connectivity index is 0.823. The predicted octanol–water partition coefficient (Wildman–Crippen LogP) is 3.45. The number of rotatable bonds is 14. The van der Waals surface area contributed by atoms with E-state index in [1.807, 2.05) is 13.8 Å². The Bertz CT molecular complexity index is 2410. The van der Waals surface area contributed by atoms with Crippen molar-refractivity contribution in [1.29, 1.82) is 0 Å². The van der Waals surface area contributed by atoms with Gasteiger partial charge in [0.25, 0.3) is 17.7 Å². The van der Waals surface area contributed by atoms with Crippen LogP contribution in [0, 0.1) is 28.6 Å². The van der Waals surface area contributed by atoms with E-state index in [2.05, 4.69) is 31.6 Å². The molecular formula is C44H56FN9O7S2. The molecule has 4 aliphatic rings. The number of anilines is 2. The highest BCUT2D eigenvalue weighted by Gasteiger charge is 2.75. The lowest BCUT2D eigenvalue weighted by Gasteiger charge is -2.62. The first-order valence-corrected chi connectivity index (χ1v) is 22.7. The molecule has 0 spiro atoms. The molecule has 0 radical (unpaired) electrons. The van der Waals surface area contributed by atoms with E-state index in [0.29, 0.717) is 65.9 Å². The average Bonchev–Trinajstić information content (AvgIpc) is 3.98. The van der Waals surface area contributed by atoms with Crippen molar-refractivity contribution >= 4 is 69.8 Å². The Morgan fingerprint density at radius 2 is 1.57 bits per heavy atom. The molecule has 3 aromatic heterocycles. The van der Waals surface area contributed by atoms with Crippen molar-refractivity contribution < 1.29 is 38.6 Å². The molecule has 7 N–H and O–H groups in total. The van der Waals surface area contributed by atoms with Crippen molar-refractivity contribution in [3.63, 3.8) is 0 Å². The van der Waals surface area contributed by atoms with Gasteiger partial charge in [-0.15, -0.1) is 0 Å². The molecule has 7 rings (SSSR count). The lowest BCUT2D eigenvalue weighted by atomic mass is 9.44. The van der Waals surface area contributed by atoms with E-state index in [4.69, 9.17) is 12.2 Å². The van der Waals surface area contributed by atoms with Gasteiger partial charge in [0.15, 0.2) is 28.2 Å². The van der Waals surface area contributed by atoms with Crippen LogP contribution in [0.4, 0.5) is 15.8 Å². The molecule has 16 nitrogen and oxygen atoms in total. The molecule has 0 unspecified atom stereocenters. The lowest BCUT2D eigenvalue weighted by Crippen LogP contribution is -2.69. The van der Waals surface area contributed by atoms with Crippen LogP contribution in [0.1, 0.15) is 78.1 Å². The number of allylic oxidation sites excluding steroid dienone is 4. The van der Waals surface area contributed by atoms with E-state index in [0.717, 1.165) is 0 Å². The summed E-state index contributed by atoms with van der Waals surface area (Å²) in [5.41, 5.74) is -3.80. The normalized spacial score (nSPS) is 29.5. The number of aliphatic hydroxyl groups is 2. The van der Waals surface area contributed by atoms with Gasteiger partial charge in [0, 0.05) is 88.1 Å². The van der Waals surface area contributed by atoms with Crippen LogP contribution in [0.2, 0.25) is 0 Å². The predicted molar refractivity (Wildman–Crippen MR) is 241 cm³/mol. The number of halogens is 1. The molecule has 4 aliphatic carbocycles. The number of aromatic nitrogens is 4. The number of ketones is 2. The van der Waals surface area contributed by atoms with Crippen LogP contribution in [-0.4, -0.2) is 112 Å². The standard InChI is InChI=1S/C44H56FN9O7S2/c1-25-17-31-30-8-7-26-18-29(55)9-10-41(26,2)43(30,45)34(56)21-42(31,3)44(25,61)35(57)24-63-16-14-49-40(62)48-12-11-47-37(58)32-19-27(22-53(32)5)50-38(59)33-20-28(23-54(33)6)51-39(60)36-46-13-15-52(36)4/h9-10,13,15,18-20,22-23,25,30-31,34,56,61H,7-8,11-12,14,16-17,21,24H2,1-6H3,(H,47,58)(H,50,59)(H,51,60)(H2,48,49,62)/t25-,30+,31+,34+,41+,42+,43+,44+/m1/s1. The van der Waals surface area contributed by atoms with E-state index in [1.165, 1.54) is 30.1 Å². The Morgan fingerprint density at radius 3 is 2.24 bits per heavy atom. The number of carbonyl (C=O) groups is 5. The van der Waals surface area contributed by atoms with Gasteiger partial charge in [-0.25, -0.2) is 9.37 Å².